The average Bonchev–Trinajstić information content (AvgIpc) is 3.38. The SMILES string of the molecule is CCOc1ccc(-n2c(SCC(=O)Nc3ccccc3-c3ccccc3)nnc2-c2ccccc2)cc1. The first kappa shape index (κ1) is 24.3. The van der Waals surface area contributed by atoms with Gasteiger partial charge in [-0.1, -0.05) is 90.6 Å². The lowest BCUT2D eigenvalue weighted by atomic mass is 10.0. The standard InChI is InChI=1S/C30H26N4O2S/c1-2-36-25-19-17-24(18-20-25)34-29(23-13-7-4-8-14-23)32-33-30(34)37-21-28(35)31-27-16-10-9-15-26(27)22-11-5-3-6-12-22/h3-20H,2,21H2,1H3,(H,31,35). The smallest absolute Gasteiger partial charge is 0.234 e. The van der Waals surface area contributed by atoms with E-state index in [1.165, 1.54) is 11.8 Å². The molecule has 1 amide bonds. The summed E-state index contributed by atoms with van der Waals surface area (Å²) in [6.45, 7) is 2.56. The molecular weight excluding hydrogens is 480 g/mol. The first-order valence-electron chi connectivity index (χ1n) is 12.0. The van der Waals surface area contributed by atoms with E-state index >= 15 is 0 Å². The predicted octanol–water partition coefficient (Wildman–Crippen LogP) is 6.73. The number of nitrogens with one attached hydrogen (secondary N) is 1. The van der Waals surface area contributed by atoms with Crippen LogP contribution in [-0.4, -0.2) is 33.0 Å². The minimum atomic E-state index is -0.115. The quantitative estimate of drug-likeness (QED) is 0.225. The van der Waals surface area contributed by atoms with Gasteiger partial charge in [0.05, 0.1) is 12.4 Å². The highest BCUT2D eigenvalue weighted by molar-refractivity contribution is 7.99. The van der Waals surface area contributed by atoms with Gasteiger partial charge < -0.3 is 10.1 Å². The molecule has 0 saturated heterocycles. The number of carbonyl (C=O) groups is 1. The number of carbonyl (C=O) groups excluding carboxylic acids is 1. The molecule has 0 aliphatic heterocycles. The van der Waals surface area contributed by atoms with Crippen molar-refractivity contribution in [2.45, 2.75) is 12.1 Å². The van der Waals surface area contributed by atoms with Crippen LogP contribution in [0.15, 0.2) is 114 Å². The number of aromatic nitrogens is 3. The van der Waals surface area contributed by atoms with E-state index in [1.54, 1.807) is 0 Å². The van der Waals surface area contributed by atoms with E-state index in [0.29, 0.717) is 17.6 Å². The molecule has 5 aromatic rings. The summed E-state index contributed by atoms with van der Waals surface area (Å²) in [5.41, 5.74) is 4.64. The number of thioether (sulfide) groups is 1. The van der Waals surface area contributed by atoms with Crippen LogP contribution in [0.2, 0.25) is 0 Å². The number of rotatable bonds is 9. The number of amides is 1. The van der Waals surface area contributed by atoms with Crippen molar-refractivity contribution in [1.82, 2.24) is 14.8 Å². The molecule has 1 N–H and O–H groups in total. The fraction of sp³-hybridized carbons (Fsp3) is 0.100. The predicted molar refractivity (Wildman–Crippen MR) is 149 cm³/mol. The maximum absolute atomic E-state index is 13.0. The van der Waals surface area contributed by atoms with Gasteiger partial charge in [0.2, 0.25) is 5.91 Å². The summed E-state index contributed by atoms with van der Waals surface area (Å²) >= 11 is 1.35. The second-order valence-corrected chi connectivity index (χ2v) is 9.13. The molecule has 0 aliphatic rings. The van der Waals surface area contributed by atoms with Gasteiger partial charge in [-0.05, 0) is 42.8 Å². The number of hydrogen-bond acceptors (Lipinski definition) is 5. The lowest BCUT2D eigenvalue weighted by Gasteiger charge is -2.13. The Bertz CT molecular complexity index is 1470. The van der Waals surface area contributed by atoms with Crippen molar-refractivity contribution in [3.8, 4) is 34.0 Å². The molecule has 6 nitrogen and oxygen atoms in total. The van der Waals surface area contributed by atoms with Crippen LogP contribution in [0.3, 0.4) is 0 Å². The molecule has 37 heavy (non-hydrogen) atoms. The number of para-hydroxylation sites is 1. The molecular formula is C30H26N4O2S. The van der Waals surface area contributed by atoms with Crippen LogP contribution < -0.4 is 10.1 Å². The molecule has 1 aromatic heterocycles. The zero-order valence-electron chi connectivity index (χ0n) is 20.4. The topological polar surface area (TPSA) is 69.0 Å². The average molecular weight is 507 g/mol. The van der Waals surface area contributed by atoms with Crippen molar-refractivity contribution in [1.29, 1.82) is 0 Å². The van der Waals surface area contributed by atoms with Crippen molar-refractivity contribution in [2.24, 2.45) is 0 Å². The Morgan fingerprint density at radius 3 is 2.16 bits per heavy atom. The molecule has 0 aliphatic carbocycles. The van der Waals surface area contributed by atoms with E-state index in [9.17, 15) is 4.79 Å². The van der Waals surface area contributed by atoms with Crippen LogP contribution in [0.5, 0.6) is 5.75 Å². The molecule has 0 saturated carbocycles. The zero-order valence-corrected chi connectivity index (χ0v) is 21.2. The van der Waals surface area contributed by atoms with E-state index in [2.05, 4.69) is 15.5 Å². The summed E-state index contributed by atoms with van der Waals surface area (Å²) in [5, 5.41) is 12.6. The molecule has 0 atom stereocenters. The highest BCUT2D eigenvalue weighted by atomic mass is 32.2. The van der Waals surface area contributed by atoms with Gasteiger partial charge in [0.15, 0.2) is 11.0 Å². The maximum atomic E-state index is 13.0. The number of hydrogen-bond donors (Lipinski definition) is 1. The molecule has 5 rings (SSSR count). The summed E-state index contributed by atoms with van der Waals surface area (Å²) in [6, 6.07) is 35.5. The van der Waals surface area contributed by atoms with Crippen molar-refractivity contribution in [3.63, 3.8) is 0 Å². The Kier molecular flexibility index (Phi) is 7.62. The second-order valence-electron chi connectivity index (χ2n) is 8.18. The fourth-order valence-corrected chi connectivity index (χ4v) is 4.76. The number of nitrogens with zero attached hydrogens (tertiary/aromatic N) is 3. The minimum absolute atomic E-state index is 0.115. The second kappa shape index (κ2) is 11.6. The van der Waals surface area contributed by atoms with Gasteiger partial charge in [0, 0.05) is 22.5 Å². The Labute approximate surface area is 220 Å². The van der Waals surface area contributed by atoms with Crippen molar-refractivity contribution in [3.05, 3.63) is 109 Å². The van der Waals surface area contributed by atoms with Gasteiger partial charge in [0.25, 0.3) is 0 Å². The van der Waals surface area contributed by atoms with Crippen LogP contribution in [-0.2, 0) is 4.79 Å². The van der Waals surface area contributed by atoms with E-state index in [4.69, 9.17) is 4.74 Å². The molecule has 7 heteroatoms. The number of ether oxygens (including phenoxy) is 1. The first-order chi connectivity index (χ1) is 18.2. The Hall–Kier alpha value is -4.36. The van der Waals surface area contributed by atoms with Gasteiger partial charge >= 0.3 is 0 Å². The van der Waals surface area contributed by atoms with Crippen molar-refractivity contribution >= 4 is 23.4 Å². The third kappa shape index (κ3) is 5.73. The molecule has 0 unspecified atom stereocenters. The Morgan fingerprint density at radius 1 is 0.811 bits per heavy atom. The summed E-state index contributed by atoms with van der Waals surface area (Å²) in [6.07, 6.45) is 0. The Morgan fingerprint density at radius 2 is 1.46 bits per heavy atom. The van der Waals surface area contributed by atoms with Crippen LogP contribution in [0.1, 0.15) is 6.92 Å². The molecule has 184 valence electrons. The fourth-order valence-electron chi connectivity index (χ4n) is 4.01. The highest BCUT2D eigenvalue weighted by Crippen LogP contribution is 2.30. The molecule has 0 bridgehead atoms. The van der Waals surface area contributed by atoms with Gasteiger partial charge in [-0.2, -0.15) is 0 Å². The first-order valence-corrected chi connectivity index (χ1v) is 13.0. The van der Waals surface area contributed by atoms with Gasteiger partial charge in [0.1, 0.15) is 5.75 Å². The third-order valence-corrected chi connectivity index (χ3v) is 6.62. The normalized spacial score (nSPS) is 10.7. The largest absolute Gasteiger partial charge is 0.494 e. The van der Waals surface area contributed by atoms with Crippen LogP contribution in [0, 0.1) is 0 Å². The monoisotopic (exact) mass is 506 g/mol. The maximum Gasteiger partial charge on any atom is 0.234 e. The lowest BCUT2D eigenvalue weighted by Crippen LogP contribution is -2.15. The molecule has 0 spiro atoms. The van der Waals surface area contributed by atoms with Gasteiger partial charge in [-0.3, -0.25) is 9.36 Å². The van der Waals surface area contributed by atoms with Crippen molar-refractivity contribution < 1.29 is 9.53 Å². The summed E-state index contributed by atoms with van der Waals surface area (Å²) in [7, 11) is 0. The highest BCUT2D eigenvalue weighted by Gasteiger charge is 2.18. The van der Waals surface area contributed by atoms with Crippen LogP contribution >= 0.6 is 11.8 Å². The molecule has 4 aromatic carbocycles. The minimum Gasteiger partial charge on any atom is -0.494 e. The molecule has 1 heterocycles. The van der Waals surface area contributed by atoms with Crippen molar-refractivity contribution in [2.75, 3.05) is 17.7 Å². The van der Waals surface area contributed by atoms with E-state index < -0.39 is 0 Å². The zero-order chi connectivity index (χ0) is 25.5. The summed E-state index contributed by atoms with van der Waals surface area (Å²) < 4.78 is 7.57. The third-order valence-electron chi connectivity index (χ3n) is 5.69. The summed E-state index contributed by atoms with van der Waals surface area (Å²) in [5.74, 6) is 1.58. The molecule has 0 radical (unpaired) electrons. The Balaban J connectivity index is 1.38. The van der Waals surface area contributed by atoms with Crippen LogP contribution in [0.25, 0.3) is 28.2 Å². The van der Waals surface area contributed by atoms with E-state index in [1.807, 2.05) is 121 Å². The number of anilines is 1. The lowest BCUT2D eigenvalue weighted by molar-refractivity contribution is -0.113. The van der Waals surface area contributed by atoms with E-state index in [0.717, 1.165) is 33.8 Å². The molecule has 0 fully saturated rings. The summed E-state index contributed by atoms with van der Waals surface area (Å²) in [4.78, 5) is 13.0. The van der Waals surface area contributed by atoms with Gasteiger partial charge in [-0.15, -0.1) is 10.2 Å². The number of benzene rings is 4. The van der Waals surface area contributed by atoms with Crippen LogP contribution in [0.4, 0.5) is 5.69 Å². The van der Waals surface area contributed by atoms with E-state index in [-0.39, 0.29) is 11.7 Å². The van der Waals surface area contributed by atoms with Gasteiger partial charge in [-0.25, -0.2) is 0 Å².